The highest BCUT2D eigenvalue weighted by molar-refractivity contribution is 6.05. The molecule has 0 aromatic heterocycles. The van der Waals surface area contributed by atoms with Crippen molar-refractivity contribution in [1.29, 1.82) is 0 Å². The first kappa shape index (κ1) is 9.40. The normalized spacial score (nSPS) is 31.1. The first-order valence-electron chi connectivity index (χ1n) is 4.96. The largest absolute Gasteiger partial charge is 0.329 e. The summed E-state index contributed by atoms with van der Waals surface area (Å²) in [6.45, 7) is 0.717. The summed E-state index contributed by atoms with van der Waals surface area (Å²) in [4.78, 5) is 24.8. The smallest absolute Gasteiger partial charge is 0.233 e. The maximum atomic E-state index is 11.8. The van der Waals surface area contributed by atoms with E-state index in [1.54, 1.807) is 0 Å². The standard InChI is InChI=1S/C10H14N2O2/c11-5-6-12-9(13)7-3-1-2-4-8(7)10(12)14/h1-2,7-8H,3-6,11H2/t7-,8+. The maximum absolute atomic E-state index is 11.8. The van der Waals surface area contributed by atoms with Crippen LogP contribution in [0.15, 0.2) is 12.2 Å². The van der Waals surface area contributed by atoms with Gasteiger partial charge < -0.3 is 5.73 Å². The second-order valence-electron chi connectivity index (χ2n) is 3.77. The fraction of sp³-hybridized carbons (Fsp3) is 0.600. The van der Waals surface area contributed by atoms with Crippen LogP contribution in [0, 0.1) is 11.8 Å². The average molecular weight is 194 g/mol. The van der Waals surface area contributed by atoms with Crippen molar-refractivity contribution >= 4 is 11.8 Å². The molecule has 2 atom stereocenters. The van der Waals surface area contributed by atoms with Gasteiger partial charge in [0, 0.05) is 13.1 Å². The predicted molar refractivity (Wildman–Crippen MR) is 51.1 cm³/mol. The van der Waals surface area contributed by atoms with Crippen molar-refractivity contribution in [3.8, 4) is 0 Å². The van der Waals surface area contributed by atoms with Crippen LogP contribution >= 0.6 is 0 Å². The molecule has 0 spiro atoms. The van der Waals surface area contributed by atoms with Crippen LogP contribution in [0.2, 0.25) is 0 Å². The highest BCUT2D eigenvalue weighted by Gasteiger charge is 2.46. The van der Waals surface area contributed by atoms with Gasteiger partial charge in [0.25, 0.3) is 0 Å². The Morgan fingerprint density at radius 3 is 2.14 bits per heavy atom. The van der Waals surface area contributed by atoms with Gasteiger partial charge in [-0.3, -0.25) is 14.5 Å². The van der Waals surface area contributed by atoms with Crippen LogP contribution < -0.4 is 5.73 Å². The quantitative estimate of drug-likeness (QED) is 0.493. The van der Waals surface area contributed by atoms with Gasteiger partial charge in [0.2, 0.25) is 11.8 Å². The summed E-state index contributed by atoms with van der Waals surface area (Å²) >= 11 is 0. The molecule has 2 N–H and O–H groups in total. The van der Waals surface area contributed by atoms with Crippen molar-refractivity contribution in [1.82, 2.24) is 4.90 Å². The van der Waals surface area contributed by atoms with Crippen molar-refractivity contribution in [2.45, 2.75) is 12.8 Å². The lowest BCUT2D eigenvalue weighted by molar-refractivity contribution is -0.139. The number of nitrogens with two attached hydrogens (primary N) is 1. The van der Waals surface area contributed by atoms with Crippen molar-refractivity contribution in [2.75, 3.05) is 13.1 Å². The van der Waals surface area contributed by atoms with E-state index in [2.05, 4.69) is 0 Å². The van der Waals surface area contributed by atoms with E-state index in [9.17, 15) is 9.59 Å². The lowest BCUT2D eigenvalue weighted by atomic mass is 9.85. The Bertz CT molecular complexity index is 272. The maximum Gasteiger partial charge on any atom is 0.233 e. The van der Waals surface area contributed by atoms with Gasteiger partial charge in [-0.2, -0.15) is 0 Å². The summed E-state index contributed by atoms with van der Waals surface area (Å²) in [6, 6.07) is 0. The molecule has 0 aromatic carbocycles. The Kier molecular flexibility index (Phi) is 2.37. The topological polar surface area (TPSA) is 63.4 Å². The van der Waals surface area contributed by atoms with E-state index in [1.807, 2.05) is 12.2 Å². The van der Waals surface area contributed by atoms with Crippen molar-refractivity contribution < 1.29 is 9.59 Å². The molecule has 0 saturated carbocycles. The first-order valence-corrected chi connectivity index (χ1v) is 4.96. The molecule has 0 bridgehead atoms. The van der Waals surface area contributed by atoms with Crippen LogP contribution in [0.5, 0.6) is 0 Å². The number of amides is 2. The van der Waals surface area contributed by atoms with Crippen LogP contribution in [0.3, 0.4) is 0 Å². The van der Waals surface area contributed by atoms with E-state index < -0.39 is 0 Å². The average Bonchev–Trinajstić information content (AvgIpc) is 2.45. The monoisotopic (exact) mass is 194 g/mol. The van der Waals surface area contributed by atoms with Crippen LogP contribution in [0.4, 0.5) is 0 Å². The lowest BCUT2D eigenvalue weighted by Crippen LogP contribution is -2.35. The third kappa shape index (κ3) is 1.26. The van der Waals surface area contributed by atoms with Gasteiger partial charge in [-0.25, -0.2) is 0 Å². The lowest BCUT2D eigenvalue weighted by Gasteiger charge is -2.14. The third-order valence-corrected chi connectivity index (χ3v) is 2.95. The molecule has 14 heavy (non-hydrogen) atoms. The molecule has 1 aliphatic carbocycles. The molecular weight excluding hydrogens is 180 g/mol. The number of carbonyl (C=O) groups is 2. The van der Waals surface area contributed by atoms with Crippen molar-refractivity contribution in [2.24, 2.45) is 17.6 Å². The number of hydrogen-bond acceptors (Lipinski definition) is 3. The number of nitrogens with zero attached hydrogens (tertiary/aromatic N) is 1. The Morgan fingerprint density at radius 1 is 1.21 bits per heavy atom. The van der Waals surface area contributed by atoms with Gasteiger partial charge >= 0.3 is 0 Å². The summed E-state index contributed by atoms with van der Waals surface area (Å²) in [5.74, 6) is -0.289. The minimum absolute atomic E-state index is 0.0326. The zero-order valence-electron chi connectivity index (χ0n) is 7.98. The van der Waals surface area contributed by atoms with Crippen molar-refractivity contribution in [3.05, 3.63) is 12.2 Å². The van der Waals surface area contributed by atoms with E-state index >= 15 is 0 Å². The summed E-state index contributed by atoms with van der Waals surface area (Å²) in [5, 5.41) is 0. The number of likely N-dealkylation sites (tertiary alicyclic amines) is 1. The zero-order chi connectivity index (χ0) is 10.1. The van der Waals surface area contributed by atoms with Crippen LogP contribution in [-0.2, 0) is 9.59 Å². The predicted octanol–water partition coefficient (Wildman–Crippen LogP) is -0.104. The van der Waals surface area contributed by atoms with E-state index in [-0.39, 0.29) is 23.7 Å². The Hall–Kier alpha value is -1.16. The minimum atomic E-state index is -0.112. The molecule has 2 rings (SSSR count). The van der Waals surface area contributed by atoms with Gasteiger partial charge in [-0.1, -0.05) is 12.2 Å². The number of rotatable bonds is 2. The molecule has 1 saturated heterocycles. The van der Waals surface area contributed by atoms with Crippen LogP contribution in [0.25, 0.3) is 0 Å². The fourth-order valence-corrected chi connectivity index (χ4v) is 2.22. The molecule has 4 heteroatoms. The van der Waals surface area contributed by atoms with Crippen molar-refractivity contribution in [3.63, 3.8) is 0 Å². The molecular formula is C10H14N2O2. The molecule has 1 heterocycles. The molecule has 1 fully saturated rings. The number of hydrogen-bond donors (Lipinski definition) is 1. The van der Waals surface area contributed by atoms with Gasteiger partial charge in [0.05, 0.1) is 11.8 Å². The third-order valence-electron chi connectivity index (χ3n) is 2.95. The summed E-state index contributed by atoms with van der Waals surface area (Å²) in [5.41, 5.74) is 5.36. The second kappa shape index (κ2) is 3.53. The molecule has 0 radical (unpaired) electrons. The van der Waals surface area contributed by atoms with Gasteiger partial charge in [-0.05, 0) is 12.8 Å². The first-order chi connectivity index (χ1) is 6.75. The number of allylic oxidation sites excluding steroid dienone is 2. The van der Waals surface area contributed by atoms with Gasteiger partial charge in [0.1, 0.15) is 0 Å². The second-order valence-corrected chi connectivity index (χ2v) is 3.77. The highest BCUT2D eigenvalue weighted by atomic mass is 16.2. The molecule has 2 aliphatic rings. The Balaban J connectivity index is 2.19. The van der Waals surface area contributed by atoms with E-state index in [4.69, 9.17) is 5.73 Å². The SMILES string of the molecule is NCCN1C(=O)[C@H]2CC=CC[C@H]2C1=O. The highest BCUT2D eigenvalue weighted by Crippen LogP contribution is 2.34. The number of carbonyl (C=O) groups excluding carboxylic acids is 2. The summed E-state index contributed by atoms with van der Waals surface area (Å²) in [7, 11) is 0. The van der Waals surface area contributed by atoms with Crippen LogP contribution in [-0.4, -0.2) is 29.8 Å². The molecule has 2 amide bonds. The molecule has 1 aliphatic heterocycles. The number of fused-ring (bicyclic) bond motifs is 1. The van der Waals surface area contributed by atoms with E-state index in [0.717, 1.165) is 0 Å². The minimum Gasteiger partial charge on any atom is -0.329 e. The Morgan fingerprint density at radius 2 is 1.71 bits per heavy atom. The van der Waals surface area contributed by atoms with Gasteiger partial charge in [-0.15, -0.1) is 0 Å². The summed E-state index contributed by atoms with van der Waals surface area (Å²) < 4.78 is 0. The molecule has 4 nitrogen and oxygen atoms in total. The zero-order valence-corrected chi connectivity index (χ0v) is 7.98. The molecule has 76 valence electrons. The number of imide groups is 1. The summed E-state index contributed by atoms with van der Waals surface area (Å²) in [6.07, 6.45) is 5.38. The molecule has 0 aromatic rings. The Labute approximate surface area is 82.7 Å². The van der Waals surface area contributed by atoms with E-state index in [1.165, 1.54) is 4.90 Å². The molecule has 0 unspecified atom stereocenters. The van der Waals surface area contributed by atoms with E-state index in [0.29, 0.717) is 25.9 Å². The van der Waals surface area contributed by atoms with Gasteiger partial charge in [0.15, 0.2) is 0 Å². The fourth-order valence-electron chi connectivity index (χ4n) is 2.22. The van der Waals surface area contributed by atoms with Crippen LogP contribution in [0.1, 0.15) is 12.8 Å².